The number of hydrogen-bond acceptors (Lipinski definition) is 8. The number of carboxylic acid groups (broad SMARTS) is 1. The molecule has 0 radical (unpaired) electrons. The van der Waals surface area contributed by atoms with E-state index in [0.717, 1.165) is 12.1 Å². The Balaban J connectivity index is 2.52. The Labute approximate surface area is 137 Å². The van der Waals surface area contributed by atoms with Gasteiger partial charge in [-0.25, -0.2) is 9.69 Å². The molecular formula is C12H8N4O9. The predicted molar refractivity (Wildman–Crippen MR) is 77.3 cm³/mol. The molecule has 2 rings (SSSR count). The number of nitrogens with zero attached hydrogens (tertiary/aromatic N) is 3. The number of rotatable bonds is 5. The first-order chi connectivity index (χ1) is 11.6. The molecule has 1 aromatic rings. The fourth-order valence-electron chi connectivity index (χ4n) is 1.99. The summed E-state index contributed by atoms with van der Waals surface area (Å²) in [5, 5.41) is 42.2. The first-order valence-corrected chi connectivity index (χ1v) is 6.34. The van der Waals surface area contributed by atoms with Gasteiger partial charge in [-0.3, -0.25) is 29.8 Å². The van der Waals surface area contributed by atoms with Crippen molar-refractivity contribution in [2.45, 2.75) is 0 Å². The van der Waals surface area contributed by atoms with Crippen LogP contribution in [0.25, 0.3) is 6.08 Å². The third-order valence-corrected chi connectivity index (χ3v) is 3.07. The molecule has 0 unspecified atom stereocenters. The fraction of sp³-hybridized carbons (Fsp3) is 0.0833. The number of carbonyl (C=O) groups excluding carboxylic acids is 2. The van der Waals surface area contributed by atoms with E-state index in [2.05, 4.69) is 0 Å². The lowest BCUT2D eigenvalue weighted by Crippen LogP contribution is -2.35. The van der Waals surface area contributed by atoms with Gasteiger partial charge in [0, 0.05) is 11.6 Å². The number of nitro benzene ring substituents is 2. The summed E-state index contributed by atoms with van der Waals surface area (Å²) in [5.74, 6) is -3.48. The molecule has 0 saturated carbocycles. The lowest BCUT2D eigenvalue weighted by atomic mass is 10.1. The average molecular weight is 352 g/mol. The van der Waals surface area contributed by atoms with Gasteiger partial charge in [-0.1, -0.05) is 0 Å². The molecule has 0 bridgehead atoms. The van der Waals surface area contributed by atoms with E-state index >= 15 is 0 Å². The first kappa shape index (κ1) is 17.3. The molecular weight excluding hydrogens is 344 g/mol. The minimum Gasteiger partial charge on any atom is -0.502 e. The second-order valence-electron chi connectivity index (χ2n) is 4.69. The molecule has 13 nitrogen and oxygen atoms in total. The third-order valence-electron chi connectivity index (χ3n) is 3.07. The van der Waals surface area contributed by atoms with Crippen molar-refractivity contribution in [3.8, 4) is 5.75 Å². The van der Waals surface area contributed by atoms with E-state index < -0.39 is 62.7 Å². The molecule has 1 saturated heterocycles. The Morgan fingerprint density at radius 2 is 1.88 bits per heavy atom. The van der Waals surface area contributed by atoms with E-state index in [1.54, 1.807) is 0 Å². The SMILES string of the molecule is O=C(O)CN1C(=O)N/C(=C/c2cc([N+](=O)[O-])cc([N+](=O)[O-])c2O)C1=O. The normalized spacial score (nSPS) is 15.4. The minimum absolute atomic E-state index is 0.344. The number of carboxylic acids is 1. The number of aromatic hydroxyl groups is 1. The van der Waals surface area contributed by atoms with Crippen LogP contribution in [-0.2, 0) is 9.59 Å². The van der Waals surface area contributed by atoms with Crippen LogP contribution in [0.4, 0.5) is 16.2 Å². The molecule has 0 aromatic heterocycles. The summed E-state index contributed by atoms with van der Waals surface area (Å²) in [6.07, 6.45) is 0.775. The molecule has 13 heteroatoms. The Morgan fingerprint density at radius 3 is 2.40 bits per heavy atom. The zero-order valence-corrected chi connectivity index (χ0v) is 12.0. The maximum atomic E-state index is 12.0. The van der Waals surface area contributed by atoms with Gasteiger partial charge >= 0.3 is 17.7 Å². The van der Waals surface area contributed by atoms with Crippen molar-refractivity contribution in [1.82, 2.24) is 10.2 Å². The van der Waals surface area contributed by atoms with Crippen LogP contribution in [-0.4, -0.2) is 49.4 Å². The van der Waals surface area contributed by atoms with Gasteiger partial charge in [0.15, 0.2) is 0 Å². The molecule has 25 heavy (non-hydrogen) atoms. The monoisotopic (exact) mass is 352 g/mol. The van der Waals surface area contributed by atoms with E-state index in [-0.39, 0.29) is 0 Å². The summed E-state index contributed by atoms with van der Waals surface area (Å²) in [5.41, 5.74) is -2.67. The number of phenols is 1. The summed E-state index contributed by atoms with van der Waals surface area (Å²) in [4.78, 5) is 54.2. The summed E-state index contributed by atoms with van der Waals surface area (Å²) in [6, 6.07) is 0.232. The van der Waals surface area contributed by atoms with E-state index in [1.807, 2.05) is 5.32 Å². The number of nitrogens with one attached hydrogen (secondary N) is 1. The third kappa shape index (κ3) is 3.34. The van der Waals surface area contributed by atoms with Crippen LogP contribution >= 0.6 is 0 Å². The van der Waals surface area contributed by atoms with Gasteiger partial charge in [-0.05, 0) is 6.08 Å². The van der Waals surface area contributed by atoms with E-state index in [1.165, 1.54) is 0 Å². The molecule has 0 atom stereocenters. The number of urea groups is 1. The van der Waals surface area contributed by atoms with Crippen molar-refractivity contribution < 1.29 is 34.4 Å². The molecule has 3 amide bonds. The second kappa shape index (κ2) is 6.23. The standard InChI is InChI=1S/C12H8N4O9/c17-9(18)4-14-11(20)7(13-12(14)21)2-5-1-6(15(22)23)3-8(10(5)19)16(24)25/h1-3,19H,4H2,(H,13,21)(H,17,18)/b7-2+. The largest absolute Gasteiger partial charge is 0.502 e. The molecule has 130 valence electrons. The smallest absolute Gasteiger partial charge is 0.329 e. The number of nitro groups is 2. The van der Waals surface area contributed by atoms with Gasteiger partial charge in [0.05, 0.1) is 15.9 Å². The number of benzene rings is 1. The molecule has 1 aliphatic heterocycles. The maximum absolute atomic E-state index is 12.0. The zero-order chi connectivity index (χ0) is 18.9. The molecule has 0 aliphatic carbocycles. The van der Waals surface area contributed by atoms with Gasteiger partial charge in [-0.2, -0.15) is 0 Å². The van der Waals surface area contributed by atoms with Crippen LogP contribution in [0.15, 0.2) is 17.8 Å². The first-order valence-electron chi connectivity index (χ1n) is 6.34. The van der Waals surface area contributed by atoms with E-state index in [0.29, 0.717) is 11.0 Å². The molecule has 1 aliphatic rings. The van der Waals surface area contributed by atoms with Crippen molar-refractivity contribution in [3.63, 3.8) is 0 Å². The fourth-order valence-corrected chi connectivity index (χ4v) is 1.99. The highest BCUT2D eigenvalue weighted by Crippen LogP contribution is 2.35. The number of amides is 3. The maximum Gasteiger partial charge on any atom is 0.329 e. The second-order valence-corrected chi connectivity index (χ2v) is 4.69. The van der Waals surface area contributed by atoms with Gasteiger partial charge in [0.25, 0.3) is 11.6 Å². The lowest BCUT2D eigenvalue weighted by molar-refractivity contribution is -0.394. The predicted octanol–water partition coefficient (Wildman–Crippen LogP) is 0.186. The number of imide groups is 1. The van der Waals surface area contributed by atoms with E-state index in [9.17, 15) is 39.7 Å². The number of aliphatic carboxylic acids is 1. The zero-order valence-electron chi connectivity index (χ0n) is 12.0. The average Bonchev–Trinajstić information content (AvgIpc) is 2.76. The Bertz CT molecular complexity index is 860. The van der Waals surface area contributed by atoms with Gasteiger partial charge in [0.2, 0.25) is 5.75 Å². The molecule has 1 fully saturated rings. The number of non-ortho nitro benzene ring substituents is 1. The van der Waals surface area contributed by atoms with E-state index in [4.69, 9.17) is 5.11 Å². The lowest BCUT2D eigenvalue weighted by Gasteiger charge is -2.07. The Kier molecular flexibility index (Phi) is 4.32. The number of carbonyl (C=O) groups is 3. The van der Waals surface area contributed by atoms with Crippen molar-refractivity contribution in [1.29, 1.82) is 0 Å². The van der Waals surface area contributed by atoms with Crippen LogP contribution in [0.5, 0.6) is 5.75 Å². The number of hydrogen-bond donors (Lipinski definition) is 3. The Hall–Kier alpha value is -4.03. The van der Waals surface area contributed by atoms with Crippen molar-refractivity contribution >= 4 is 35.4 Å². The van der Waals surface area contributed by atoms with Crippen LogP contribution in [0.2, 0.25) is 0 Å². The summed E-state index contributed by atoms with van der Waals surface area (Å²) in [7, 11) is 0. The highest BCUT2D eigenvalue weighted by atomic mass is 16.6. The van der Waals surface area contributed by atoms with Gasteiger partial charge in [-0.15, -0.1) is 0 Å². The highest BCUT2D eigenvalue weighted by Gasteiger charge is 2.35. The topological polar surface area (TPSA) is 193 Å². The minimum atomic E-state index is -1.46. The molecule has 1 heterocycles. The van der Waals surface area contributed by atoms with Crippen LogP contribution in [0.1, 0.15) is 5.56 Å². The molecule has 0 spiro atoms. The number of phenolic OH excluding ortho intramolecular Hbond substituents is 1. The van der Waals surface area contributed by atoms with Gasteiger partial charge < -0.3 is 15.5 Å². The van der Waals surface area contributed by atoms with Crippen molar-refractivity contribution in [2.24, 2.45) is 0 Å². The summed E-state index contributed by atoms with van der Waals surface area (Å²) in [6.45, 7) is -0.928. The van der Waals surface area contributed by atoms with Crippen molar-refractivity contribution in [2.75, 3.05) is 6.54 Å². The van der Waals surface area contributed by atoms with Gasteiger partial charge in [0.1, 0.15) is 12.2 Å². The highest BCUT2D eigenvalue weighted by molar-refractivity contribution is 6.15. The van der Waals surface area contributed by atoms with Crippen LogP contribution in [0.3, 0.4) is 0 Å². The van der Waals surface area contributed by atoms with Crippen LogP contribution < -0.4 is 5.32 Å². The summed E-state index contributed by atoms with van der Waals surface area (Å²) >= 11 is 0. The van der Waals surface area contributed by atoms with Crippen molar-refractivity contribution in [3.05, 3.63) is 43.6 Å². The van der Waals surface area contributed by atoms with Crippen LogP contribution in [0, 0.1) is 20.2 Å². The summed E-state index contributed by atoms with van der Waals surface area (Å²) < 4.78 is 0. The molecule has 1 aromatic carbocycles. The molecule has 3 N–H and O–H groups in total. The Morgan fingerprint density at radius 1 is 1.24 bits per heavy atom. The quantitative estimate of drug-likeness (QED) is 0.287.